The zero-order valence-electron chi connectivity index (χ0n) is 10.7. The molecule has 0 saturated heterocycles. The Hall–Kier alpha value is -1.84. The third kappa shape index (κ3) is 2.10. The normalized spacial score (nSPS) is 17.1. The van der Waals surface area contributed by atoms with Crippen LogP contribution in [0.25, 0.3) is 5.57 Å². The first-order chi connectivity index (χ1) is 8.31. The number of nitrogens with zero attached hydrogens (tertiary/aromatic N) is 1. The number of carbonyl (C=O) groups is 1. The lowest BCUT2D eigenvalue weighted by Gasteiger charge is -2.42. The number of carboxylic acid groups (broad SMARTS) is 1. The number of benzene rings is 1. The molecule has 2 rings (SSSR count). The Morgan fingerprint density at radius 2 is 2.11 bits per heavy atom. The zero-order valence-corrected chi connectivity index (χ0v) is 10.7. The molecule has 0 aliphatic carbocycles. The summed E-state index contributed by atoms with van der Waals surface area (Å²) in [4.78, 5) is 12.8. The minimum atomic E-state index is -0.897. The monoisotopic (exact) mass is 249 g/mol. The van der Waals surface area contributed by atoms with Gasteiger partial charge in [0.2, 0.25) is 0 Å². The Morgan fingerprint density at radius 1 is 1.44 bits per heavy atom. The molecule has 3 nitrogen and oxygen atoms in total. The van der Waals surface area contributed by atoms with Gasteiger partial charge in [0.15, 0.2) is 0 Å². The van der Waals surface area contributed by atoms with Crippen molar-refractivity contribution in [2.45, 2.75) is 26.3 Å². The molecule has 0 spiro atoms. The number of carboxylic acids is 1. The first-order valence-electron chi connectivity index (χ1n) is 5.80. The maximum atomic E-state index is 13.3. The summed E-state index contributed by atoms with van der Waals surface area (Å²) in [5, 5.41) is 9.01. The average molecular weight is 249 g/mol. The van der Waals surface area contributed by atoms with Crippen LogP contribution in [0.15, 0.2) is 24.3 Å². The maximum absolute atomic E-state index is 13.3. The second-order valence-corrected chi connectivity index (χ2v) is 5.12. The van der Waals surface area contributed by atoms with Crippen molar-refractivity contribution in [1.29, 1.82) is 0 Å². The Kier molecular flexibility index (Phi) is 2.89. The molecule has 1 aromatic rings. The van der Waals surface area contributed by atoms with E-state index >= 15 is 0 Å². The summed E-state index contributed by atoms with van der Waals surface area (Å²) in [6.07, 6.45) is 1.97. The standard InChI is InChI=1S/C14H16FNO2/c1-9-7-14(2,3)16(8-13(17)18)12-5-4-10(15)6-11(9)12/h4-7H,8H2,1-3H3,(H,17,18). The van der Waals surface area contributed by atoms with Gasteiger partial charge >= 0.3 is 5.97 Å². The van der Waals surface area contributed by atoms with Crippen molar-refractivity contribution in [1.82, 2.24) is 0 Å². The summed E-state index contributed by atoms with van der Waals surface area (Å²) in [7, 11) is 0. The van der Waals surface area contributed by atoms with Gasteiger partial charge in [-0.25, -0.2) is 4.39 Å². The molecule has 0 amide bonds. The molecular formula is C14H16FNO2. The molecule has 0 unspecified atom stereocenters. The average Bonchev–Trinajstić information content (AvgIpc) is 2.23. The van der Waals surface area contributed by atoms with Crippen LogP contribution >= 0.6 is 0 Å². The lowest BCUT2D eigenvalue weighted by atomic mass is 9.89. The van der Waals surface area contributed by atoms with Crippen LogP contribution in [-0.4, -0.2) is 23.2 Å². The first kappa shape index (κ1) is 12.6. The number of hydrogen-bond donors (Lipinski definition) is 1. The Balaban J connectivity index is 2.57. The third-order valence-electron chi connectivity index (χ3n) is 3.23. The smallest absolute Gasteiger partial charge is 0.323 e. The molecule has 1 aromatic carbocycles. The lowest BCUT2D eigenvalue weighted by molar-refractivity contribution is -0.135. The van der Waals surface area contributed by atoms with E-state index in [0.29, 0.717) is 0 Å². The minimum absolute atomic E-state index is 0.102. The van der Waals surface area contributed by atoms with E-state index in [4.69, 9.17) is 5.11 Å². The van der Waals surface area contributed by atoms with Crippen LogP contribution < -0.4 is 4.90 Å². The minimum Gasteiger partial charge on any atom is -0.480 e. The third-order valence-corrected chi connectivity index (χ3v) is 3.23. The Morgan fingerprint density at radius 3 is 2.72 bits per heavy atom. The van der Waals surface area contributed by atoms with Crippen LogP contribution in [0.4, 0.5) is 10.1 Å². The quantitative estimate of drug-likeness (QED) is 0.876. The summed E-state index contributed by atoms with van der Waals surface area (Å²) in [5.74, 6) is -1.21. The van der Waals surface area contributed by atoms with Crippen LogP contribution in [0.2, 0.25) is 0 Å². The van der Waals surface area contributed by atoms with Gasteiger partial charge in [-0.1, -0.05) is 6.08 Å². The van der Waals surface area contributed by atoms with Crippen molar-refractivity contribution in [2.75, 3.05) is 11.4 Å². The van der Waals surface area contributed by atoms with E-state index in [-0.39, 0.29) is 12.4 Å². The number of allylic oxidation sites excluding steroid dienone is 1. The van der Waals surface area contributed by atoms with Crippen LogP contribution in [0.3, 0.4) is 0 Å². The summed E-state index contributed by atoms with van der Waals surface area (Å²) < 4.78 is 13.3. The predicted octanol–water partition coefficient (Wildman–Crippen LogP) is 2.91. The second-order valence-electron chi connectivity index (χ2n) is 5.12. The molecule has 0 radical (unpaired) electrons. The predicted molar refractivity (Wildman–Crippen MR) is 69.1 cm³/mol. The maximum Gasteiger partial charge on any atom is 0.323 e. The van der Waals surface area contributed by atoms with E-state index < -0.39 is 11.5 Å². The van der Waals surface area contributed by atoms with E-state index in [0.717, 1.165) is 16.8 Å². The molecule has 0 saturated carbocycles. The SMILES string of the molecule is CC1=CC(C)(C)N(CC(=O)O)c2ccc(F)cc21. The molecule has 4 heteroatoms. The van der Waals surface area contributed by atoms with Gasteiger partial charge < -0.3 is 10.0 Å². The van der Waals surface area contributed by atoms with Gasteiger partial charge in [0, 0.05) is 11.3 Å². The highest BCUT2D eigenvalue weighted by Crippen LogP contribution is 2.38. The van der Waals surface area contributed by atoms with Crippen molar-refractivity contribution < 1.29 is 14.3 Å². The highest BCUT2D eigenvalue weighted by Gasteiger charge is 2.32. The molecule has 1 heterocycles. The molecule has 1 N–H and O–H groups in total. The van der Waals surface area contributed by atoms with E-state index in [9.17, 15) is 9.18 Å². The van der Waals surface area contributed by atoms with Crippen LogP contribution in [0.1, 0.15) is 26.3 Å². The first-order valence-corrected chi connectivity index (χ1v) is 5.80. The summed E-state index contributed by atoms with van der Waals surface area (Å²) in [5.41, 5.74) is 2.10. The summed E-state index contributed by atoms with van der Waals surface area (Å²) in [6.45, 7) is 5.71. The zero-order chi connectivity index (χ0) is 13.5. The molecule has 96 valence electrons. The van der Waals surface area contributed by atoms with Crippen molar-refractivity contribution in [2.24, 2.45) is 0 Å². The van der Waals surface area contributed by atoms with Crippen molar-refractivity contribution in [3.8, 4) is 0 Å². The molecule has 0 bridgehead atoms. The van der Waals surface area contributed by atoms with Crippen molar-refractivity contribution >= 4 is 17.2 Å². The number of aliphatic carboxylic acids is 1. The molecule has 0 aromatic heterocycles. The van der Waals surface area contributed by atoms with E-state index in [1.54, 1.807) is 11.0 Å². The number of hydrogen-bond acceptors (Lipinski definition) is 2. The van der Waals surface area contributed by atoms with Gasteiger partial charge in [-0.3, -0.25) is 4.79 Å². The topological polar surface area (TPSA) is 40.5 Å². The van der Waals surface area contributed by atoms with Crippen LogP contribution in [0, 0.1) is 5.82 Å². The fourth-order valence-corrected chi connectivity index (χ4v) is 2.48. The molecule has 1 aliphatic rings. The van der Waals surface area contributed by atoms with Crippen LogP contribution in [-0.2, 0) is 4.79 Å². The van der Waals surface area contributed by atoms with E-state index in [2.05, 4.69) is 0 Å². The van der Waals surface area contributed by atoms with Crippen molar-refractivity contribution in [3.05, 3.63) is 35.7 Å². The number of fused-ring (bicyclic) bond motifs is 1. The Labute approximate surface area is 106 Å². The fraction of sp³-hybridized carbons (Fsp3) is 0.357. The number of rotatable bonds is 2. The van der Waals surface area contributed by atoms with Gasteiger partial charge in [0.05, 0.1) is 5.54 Å². The summed E-state index contributed by atoms with van der Waals surface area (Å²) in [6, 6.07) is 4.46. The molecular weight excluding hydrogens is 233 g/mol. The van der Waals surface area contributed by atoms with Gasteiger partial charge in [-0.15, -0.1) is 0 Å². The Bertz CT molecular complexity index is 535. The second kappa shape index (κ2) is 4.12. The molecule has 0 fully saturated rings. The lowest BCUT2D eigenvalue weighted by Crippen LogP contribution is -2.47. The van der Waals surface area contributed by atoms with E-state index in [1.807, 2.05) is 26.8 Å². The van der Waals surface area contributed by atoms with Crippen molar-refractivity contribution in [3.63, 3.8) is 0 Å². The highest BCUT2D eigenvalue weighted by molar-refractivity contribution is 5.84. The molecule has 18 heavy (non-hydrogen) atoms. The van der Waals surface area contributed by atoms with Gasteiger partial charge in [0.25, 0.3) is 0 Å². The number of halogens is 1. The summed E-state index contributed by atoms with van der Waals surface area (Å²) >= 11 is 0. The largest absolute Gasteiger partial charge is 0.480 e. The molecule has 1 aliphatic heterocycles. The van der Waals surface area contributed by atoms with E-state index in [1.165, 1.54) is 12.1 Å². The van der Waals surface area contributed by atoms with Gasteiger partial charge in [-0.05, 0) is 44.5 Å². The van der Waals surface area contributed by atoms with Gasteiger partial charge in [0.1, 0.15) is 12.4 Å². The highest BCUT2D eigenvalue weighted by atomic mass is 19.1. The van der Waals surface area contributed by atoms with Crippen LogP contribution in [0.5, 0.6) is 0 Å². The molecule has 0 atom stereocenters. The number of anilines is 1. The fourth-order valence-electron chi connectivity index (χ4n) is 2.48. The van der Waals surface area contributed by atoms with Gasteiger partial charge in [-0.2, -0.15) is 0 Å².